The number of nitrogens with one attached hydrogen (secondary N) is 2. The van der Waals surface area contributed by atoms with Gasteiger partial charge in [0.1, 0.15) is 0 Å². The fourth-order valence-corrected chi connectivity index (χ4v) is 3.38. The van der Waals surface area contributed by atoms with Gasteiger partial charge in [-0.1, -0.05) is 12.5 Å². The van der Waals surface area contributed by atoms with Gasteiger partial charge < -0.3 is 5.32 Å². The molecule has 1 fully saturated rings. The standard InChI is InChI=1S/C12H19N3O2S/c16-18(17,10-12-6-2-4-8-14-12)15-9-11-5-1-3-7-13-11/h1,3,5,7,12,14-15H,2,4,6,8-10H2. The number of hydrogen-bond donors (Lipinski definition) is 2. The number of nitrogens with zero attached hydrogens (tertiary/aromatic N) is 1. The molecule has 0 saturated carbocycles. The molecule has 1 saturated heterocycles. The molecule has 0 spiro atoms. The average Bonchev–Trinajstić information content (AvgIpc) is 2.38. The molecule has 0 aliphatic carbocycles. The zero-order chi connectivity index (χ0) is 12.8. The van der Waals surface area contributed by atoms with E-state index in [1.54, 1.807) is 12.3 Å². The minimum atomic E-state index is -3.23. The molecule has 1 aliphatic rings. The monoisotopic (exact) mass is 269 g/mol. The Balaban J connectivity index is 1.83. The topological polar surface area (TPSA) is 71.1 Å². The van der Waals surface area contributed by atoms with Crippen LogP contribution in [-0.4, -0.2) is 31.7 Å². The van der Waals surface area contributed by atoms with Crippen molar-refractivity contribution < 1.29 is 8.42 Å². The number of hydrogen-bond acceptors (Lipinski definition) is 4. The van der Waals surface area contributed by atoms with Crippen molar-refractivity contribution in [3.8, 4) is 0 Å². The highest BCUT2D eigenvalue weighted by molar-refractivity contribution is 7.89. The summed E-state index contributed by atoms with van der Waals surface area (Å²) in [6.45, 7) is 1.18. The van der Waals surface area contributed by atoms with Gasteiger partial charge in [0.25, 0.3) is 0 Å². The summed E-state index contributed by atoms with van der Waals surface area (Å²) in [5.41, 5.74) is 0.734. The molecule has 1 aromatic heterocycles. The molecular weight excluding hydrogens is 250 g/mol. The van der Waals surface area contributed by atoms with Crippen LogP contribution in [0.5, 0.6) is 0 Å². The van der Waals surface area contributed by atoms with Crippen LogP contribution >= 0.6 is 0 Å². The Kier molecular flexibility index (Phi) is 4.68. The number of sulfonamides is 1. The van der Waals surface area contributed by atoms with Crippen molar-refractivity contribution in [2.75, 3.05) is 12.3 Å². The maximum Gasteiger partial charge on any atom is 0.213 e. The summed E-state index contributed by atoms with van der Waals surface area (Å²) in [6, 6.07) is 5.55. The summed E-state index contributed by atoms with van der Waals surface area (Å²) in [7, 11) is -3.23. The van der Waals surface area contributed by atoms with E-state index in [1.165, 1.54) is 0 Å². The van der Waals surface area contributed by atoms with E-state index in [9.17, 15) is 8.42 Å². The van der Waals surface area contributed by atoms with Crippen LogP contribution in [0.2, 0.25) is 0 Å². The largest absolute Gasteiger partial charge is 0.313 e. The highest BCUT2D eigenvalue weighted by atomic mass is 32.2. The van der Waals surface area contributed by atoms with E-state index >= 15 is 0 Å². The summed E-state index contributed by atoms with van der Waals surface area (Å²) in [6.07, 6.45) is 4.84. The number of piperidine rings is 1. The average molecular weight is 269 g/mol. The van der Waals surface area contributed by atoms with E-state index in [4.69, 9.17) is 0 Å². The lowest BCUT2D eigenvalue weighted by Gasteiger charge is -2.23. The Morgan fingerprint density at radius 1 is 1.39 bits per heavy atom. The van der Waals surface area contributed by atoms with Gasteiger partial charge in [-0.3, -0.25) is 4.98 Å². The molecule has 2 N–H and O–H groups in total. The second kappa shape index (κ2) is 6.26. The van der Waals surface area contributed by atoms with Gasteiger partial charge in [-0.2, -0.15) is 0 Å². The Bertz CT molecular complexity index is 455. The van der Waals surface area contributed by atoms with Gasteiger partial charge in [0.15, 0.2) is 0 Å². The van der Waals surface area contributed by atoms with E-state index < -0.39 is 10.0 Å². The van der Waals surface area contributed by atoms with Crippen molar-refractivity contribution in [3.63, 3.8) is 0 Å². The van der Waals surface area contributed by atoms with Crippen LogP contribution in [0.15, 0.2) is 24.4 Å². The Morgan fingerprint density at radius 2 is 2.28 bits per heavy atom. The molecule has 0 radical (unpaired) electrons. The minimum absolute atomic E-state index is 0.0833. The smallest absolute Gasteiger partial charge is 0.213 e. The molecule has 5 nitrogen and oxygen atoms in total. The third kappa shape index (κ3) is 4.36. The molecule has 1 aromatic rings. The van der Waals surface area contributed by atoms with Crippen LogP contribution in [0.1, 0.15) is 25.0 Å². The van der Waals surface area contributed by atoms with Gasteiger partial charge in [-0.25, -0.2) is 13.1 Å². The lowest BCUT2D eigenvalue weighted by atomic mass is 10.1. The van der Waals surface area contributed by atoms with Crippen molar-refractivity contribution in [2.24, 2.45) is 0 Å². The predicted octanol–water partition coefficient (Wildman–Crippen LogP) is 0.643. The quantitative estimate of drug-likeness (QED) is 0.823. The van der Waals surface area contributed by atoms with Crippen LogP contribution in [0, 0.1) is 0 Å². The third-order valence-corrected chi connectivity index (χ3v) is 4.46. The molecule has 0 amide bonds. The highest BCUT2D eigenvalue weighted by Gasteiger charge is 2.20. The van der Waals surface area contributed by atoms with Crippen LogP contribution in [0.3, 0.4) is 0 Å². The lowest BCUT2D eigenvalue weighted by Crippen LogP contribution is -2.42. The first kappa shape index (κ1) is 13.5. The Labute approximate surface area is 108 Å². The highest BCUT2D eigenvalue weighted by Crippen LogP contribution is 2.08. The summed E-state index contributed by atoms with van der Waals surface area (Å²) in [5.74, 6) is 0.153. The zero-order valence-electron chi connectivity index (χ0n) is 10.3. The molecule has 1 aliphatic heterocycles. The first-order valence-corrected chi connectivity index (χ1v) is 7.91. The van der Waals surface area contributed by atoms with Crippen LogP contribution in [0.25, 0.3) is 0 Å². The minimum Gasteiger partial charge on any atom is -0.313 e. The lowest BCUT2D eigenvalue weighted by molar-refractivity contribution is 0.422. The molecule has 1 unspecified atom stereocenters. The number of aromatic nitrogens is 1. The second-order valence-electron chi connectivity index (χ2n) is 4.57. The molecule has 6 heteroatoms. The summed E-state index contributed by atoms with van der Waals surface area (Å²) in [5, 5.41) is 3.24. The van der Waals surface area contributed by atoms with Crippen molar-refractivity contribution in [1.29, 1.82) is 0 Å². The fourth-order valence-electron chi connectivity index (χ4n) is 2.08. The van der Waals surface area contributed by atoms with Gasteiger partial charge in [-0.05, 0) is 31.5 Å². The first-order chi connectivity index (χ1) is 8.66. The van der Waals surface area contributed by atoms with E-state index in [2.05, 4.69) is 15.0 Å². The van der Waals surface area contributed by atoms with Gasteiger partial charge in [0.05, 0.1) is 18.0 Å². The molecule has 0 aromatic carbocycles. The van der Waals surface area contributed by atoms with Gasteiger partial charge >= 0.3 is 0 Å². The first-order valence-electron chi connectivity index (χ1n) is 6.26. The van der Waals surface area contributed by atoms with Gasteiger partial charge in [-0.15, -0.1) is 0 Å². The normalized spacial score (nSPS) is 20.8. The second-order valence-corrected chi connectivity index (χ2v) is 6.42. The molecule has 18 heavy (non-hydrogen) atoms. The van der Waals surface area contributed by atoms with E-state index in [0.29, 0.717) is 0 Å². The molecular formula is C12H19N3O2S. The summed E-state index contributed by atoms with van der Waals surface area (Å²) < 4.78 is 26.4. The fraction of sp³-hybridized carbons (Fsp3) is 0.583. The predicted molar refractivity (Wildman–Crippen MR) is 70.5 cm³/mol. The van der Waals surface area contributed by atoms with Crippen molar-refractivity contribution in [3.05, 3.63) is 30.1 Å². The van der Waals surface area contributed by atoms with Gasteiger partial charge in [0, 0.05) is 12.2 Å². The number of pyridine rings is 1. The third-order valence-electron chi connectivity index (χ3n) is 3.03. The SMILES string of the molecule is O=S(=O)(CC1CCCCN1)NCc1ccccn1. The zero-order valence-corrected chi connectivity index (χ0v) is 11.1. The van der Waals surface area contributed by atoms with Crippen molar-refractivity contribution >= 4 is 10.0 Å². The summed E-state index contributed by atoms with van der Waals surface area (Å²) >= 11 is 0. The molecule has 1 atom stereocenters. The maximum absolute atomic E-state index is 11.9. The van der Waals surface area contributed by atoms with Crippen LogP contribution in [0.4, 0.5) is 0 Å². The molecule has 2 rings (SSSR count). The Morgan fingerprint density at radius 3 is 2.94 bits per heavy atom. The molecule has 100 valence electrons. The van der Waals surface area contributed by atoms with Crippen molar-refractivity contribution in [2.45, 2.75) is 31.8 Å². The van der Waals surface area contributed by atoms with Crippen LogP contribution < -0.4 is 10.0 Å². The molecule has 0 bridgehead atoms. The van der Waals surface area contributed by atoms with E-state index in [0.717, 1.165) is 31.5 Å². The van der Waals surface area contributed by atoms with Gasteiger partial charge in [0.2, 0.25) is 10.0 Å². The maximum atomic E-state index is 11.9. The van der Waals surface area contributed by atoms with Crippen LogP contribution in [-0.2, 0) is 16.6 Å². The van der Waals surface area contributed by atoms with Crippen molar-refractivity contribution in [1.82, 2.24) is 15.0 Å². The van der Waals surface area contributed by atoms with E-state index in [1.807, 2.05) is 12.1 Å². The number of rotatable bonds is 5. The molecule has 2 heterocycles. The van der Waals surface area contributed by atoms with E-state index in [-0.39, 0.29) is 18.3 Å². The Hall–Kier alpha value is -0.980. The summed E-state index contributed by atoms with van der Waals surface area (Å²) in [4.78, 5) is 4.09.